The van der Waals surface area contributed by atoms with Crippen LogP contribution >= 0.6 is 0 Å². The standard InChI is InChI=1S/C15H21N3O/c19-11-3-8-16-15-17-9-6-14-13-5-2-1-4-12(13)7-10-18(14)15/h1-2,4-5,14,19H,3,6-11H2,(H,16,17). The van der Waals surface area contributed by atoms with Crippen molar-refractivity contribution in [1.29, 1.82) is 0 Å². The molecule has 1 atom stereocenters. The summed E-state index contributed by atoms with van der Waals surface area (Å²) in [6, 6.07) is 9.23. The van der Waals surface area contributed by atoms with Crippen LogP contribution in [0.3, 0.4) is 0 Å². The summed E-state index contributed by atoms with van der Waals surface area (Å²) in [6.45, 7) is 2.94. The van der Waals surface area contributed by atoms with Crippen molar-refractivity contribution in [2.45, 2.75) is 25.3 Å². The molecule has 2 heterocycles. The van der Waals surface area contributed by atoms with Crippen molar-refractivity contribution in [3.8, 4) is 0 Å². The average molecular weight is 259 g/mol. The fraction of sp³-hybridized carbons (Fsp3) is 0.533. The van der Waals surface area contributed by atoms with Crippen LogP contribution in [0, 0.1) is 0 Å². The van der Waals surface area contributed by atoms with E-state index in [1.807, 2.05) is 0 Å². The summed E-state index contributed by atoms with van der Waals surface area (Å²) in [6.07, 6.45) is 2.96. The minimum atomic E-state index is 0.229. The monoisotopic (exact) mass is 259 g/mol. The number of guanidine groups is 1. The smallest absolute Gasteiger partial charge is 0.194 e. The molecule has 4 nitrogen and oxygen atoms in total. The Hall–Kier alpha value is -1.55. The highest BCUT2D eigenvalue weighted by Gasteiger charge is 2.31. The fourth-order valence-corrected chi connectivity index (χ4v) is 3.04. The average Bonchev–Trinajstić information content (AvgIpc) is 2.47. The Balaban J connectivity index is 1.77. The molecule has 2 aliphatic rings. The Morgan fingerprint density at radius 3 is 3.16 bits per heavy atom. The zero-order chi connectivity index (χ0) is 13.1. The predicted molar refractivity (Wildman–Crippen MR) is 76.2 cm³/mol. The lowest BCUT2D eigenvalue weighted by atomic mass is 9.90. The first-order valence-corrected chi connectivity index (χ1v) is 7.14. The minimum absolute atomic E-state index is 0.229. The van der Waals surface area contributed by atoms with E-state index in [0.29, 0.717) is 6.04 Å². The van der Waals surface area contributed by atoms with Crippen molar-refractivity contribution < 1.29 is 5.11 Å². The number of aliphatic hydroxyl groups is 1. The first-order valence-electron chi connectivity index (χ1n) is 7.14. The minimum Gasteiger partial charge on any atom is -0.396 e. The van der Waals surface area contributed by atoms with E-state index in [-0.39, 0.29) is 6.61 Å². The Bertz CT molecular complexity index is 472. The van der Waals surface area contributed by atoms with Crippen molar-refractivity contribution in [2.75, 3.05) is 26.2 Å². The van der Waals surface area contributed by atoms with Gasteiger partial charge in [-0.3, -0.25) is 4.99 Å². The van der Waals surface area contributed by atoms with E-state index in [2.05, 4.69) is 39.5 Å². The molecule has 0 aliphatic carbocycles. The topological polar surface area (TPSA) is 47.9 Å². The van der Waals surface area contributed by atoms with Crippen LogP contribution in [0.2, 0.25) is 0 Å². The van der Waals surface area contributed by atoms with E-state index in [0.717, 1.165) is 44.9 Å². The van der Waals surface area contributed by atoms with Gasteiger partial charge < -0.3 is 15.3 Å². The van der Waals surface area contributed by atoms with Crippen LogP contribution in [0.4, 0.5) is 0 Å². The lowest BCUT2D eigenvalue weighted by Crippen LogP contribution is -2.49. The summed E-state index contributed by atoms with van der Waals surface area (Å²) in [5, 5.41) is 12.2. The van der Waals surface area contributed by atoms with Gasteiger partial charge >= 0.3 is 0 Å². The molecule has 3 rings (SSSR count). The molecule has 0 saturated heterocycles. The Labute approximate surface area is 114 Å². The maximum Gasteiger partial charge on any atom is 0.194 e. The van der Waals surface area contributed by atoms with Gasteiger partial charge in [0.25, 0.3) is 0 Å². The quantitative estimate of drug-likeness (QED) is 0.805. The van der Waals surface area contributed by atoms with Gasteiger partial charge in [-0.2, -0.15) is 0 Å². The van der Waals surface area contributed by atoms with Gasteiger partial charge in [-0.15, -0.1) is 0 Å². The molecule has 1 unspecified atom stereocenters. The molecule has 0 bridgehead atoms. The highest BCUT2D eigenvalue weighted by molar-refractivity contribution is 5.81. The van der Waals surface area contributed by atoms with Crippen LogP contribution < -0.4 is 5.32 Å². The van der Waals surface area contributed by atoms with Crippen molar-refractivity contribution in [3.05, 3.63) is 35.4 Å². The molecule has 0 spiro atoms. The molecular formula is C15H21N3O. The number of rotatable bonds is 3. The van der Waals surface area contributed by atoms with Crippen molar-refractivity contribution in [2.24, 2.45) is 4.99 Å². The molecule has 0 fully saturated rings. The lowest BCUT2D eigenvalue weighted by Gasteiger charge is -2.41. The van der Waals surface area contributed by atoms with E-state index in [9.17, 15) is 0 Å². The van der Waals surface area contributed by atoms with Crippen LogP contribution in [0.15, 0.2) is 29.3 Å². The maximum atomic E-state index is 8.86. The van der Waals surface area contributed by atoms with Crippen LogP contribution in [0.5, 0.6) is 0 Å². The van der Waals surface area contributed by atoms with E-state index >= 15 is 0 Å². The third-order valence-electron chi connectivity index (χ3n) is 3.97. The lowest BCUT2D eigenvalue weighted by molar-refractivity contribution is 0.258. The summed E-state index contributed by atoms with van der Waals surface area (Å²) in [4.78, 5) is 7.00. The number of benzene rings is 1. The number of nitrogens with one attached hydrogen (secondary N) is 1. The molecule has 4 heteroatoms. The van der Waals surface area contributed by atoms with Crippen LogP contribution in [0.25, 0.3) is 0 Å². The number of hydrogen-bond acceptors (Lipinski definition) is 4. The number of fused-ring (bicyclic) bond motifs is 3. The largest absolute Gasteiger partial charge is 0.396 e. The molecule has 2 N–H and O–H groups in total. The number of aliphatic imine (C=N–C) groups is 1. The van der Waals surface area contributed by atoms with Gasteiger partial charge in [0.2, 0.25) is 0 Å². The van der Waals surface area contributed by atoms with Gasteiger partial charge in [-0.1, -0.05) is 24.3 Å². The van der Waals surface area contributed by atoms with Crippen LogP contribution in [-0.4, -0.2) is 42.2 Å². The second-order valence-corrected chi connectivity index (χ2v) is 5.16. The zero-order valence-corrected chi connectivity index (χ0v) is 11.2. The normalized spacial score (nSPS) is 21.4. The summed E-state index contributed by atoms with van der Waals surface area (Å²) in [5.74, 6) is 1.01. The van der Waals surface area contributed by atoms with Crippen molar-refractivity contribution in [3.63, 3.8) is 0 Å². The Morgan fingerprint density at radius 2 is 2.26 bits per heavy atom. The first-order chi connectivity index (χ1) is 9.40. The molecule has 1 aromatic rings. The zero-order valence-electron chi connectivity index (χ0n) is 11.2. The van der Waals surface area contributed by atoms with Gasteiger partial charge in [0, 0.05) is 26.2 Å². The summed E-state index contributed by atoms with van der Waals surface area (Å²) in [7, 11) is 0. The molecule has 19 heavy (non-hydrogen) atoms. The SMILES string of the molecule is OCCCNC1=NCCC2c3ccccc3CCN12. The number of nitrogens with zero attached hydrogens (tertiary/aromatic N) is 2. The third kappa shape index (κ3) is 2.45. The van der Waals surface area contributed by atoms with E-state index in [1.54, 1.807) is 0 Å². The summed E-state index contributed by atoms with van der Waals surface area (Å²) < 4.78 is 0. The molecule has 0 amide bonds. The maximum absolute atomic E-state index is 8.86. The van der Waals surface area contributed by atoms with Crippen molar-refractivity contribution in [1.82, 2.24) is 10.2 Å². The summed E-state index contributed by atoms with van der Waals surface area (Å²) in [5.41, 5.74) is 2.95. The van der Waals surface area contributed by atoms with Gasteiger partial charge in [0.05, 0.1) is 6.04 Å². The van der Waals surface area contributed by atoms with Crippen LogP contribution in [0.1, 0.15) is 30.0 Å². The van der Waals surface area contributed by atoms with Gasteiger partial charge in [0.15, 0.2) is 5.96 Å². The van der Waals surface area contributed by atoms with Gasteiger partial charge in [-0.25, -0.2) is 0 Å². The first kappa shape index (κ1) is 12.5. The van der Waals surface area contributed by atoms with Gasteiger partial charge in [0.1, 0.15) is 0 Å². The molecule has 0 aromatic heterocycles. The number of hydrogen-bond donors (Lipinski definition) is 2. The molecule has 0 radical (unpaired) electrons. The highest BCUT2D eigenvalue weighted by atomic mass is 16.3. The predicted octanol–water partition coefficient (Wildman–Crippen LogP) is 1.32. The van der Waals surface area contributed by atoms with E-state index < -0.39 is 0 Å². The van der Waals surface area contributed by atoms with E-state index in [4.69, 9.17) is 5.11 Å². The van der Waals surface area contributed by atoms with E-state index in [1.165, 1.54) is 11.1 Å². The van der Waals surface area contributed by atoms with Crippen molar-refractivity contribution >= 4 is 5.96 Å². The third-order valence-corrected chi connectivity index (χ3v) is 3.97. The van der Waals surface area contributed by atoms with Crippen LogP contribution in [-0.2, 0) is 6.42 Å². The molecule has 1 aromatic carbocycles. The Kier molecular flexibility index (Phi) is 3.69. The molecule has 102 valence electrons. The summed E-state index contributed by atoms with van der Waals surface area (Å²) >= 11 is 0. The molecular weight excluding hydrogens is 238 g/mol. The molecule has 2 aliphatic heterocycles. The molecule has 0 saturated carbocycles. The second kappa shape index (κ2) is 5.61. The highest BCUT2D eigenvalue weighted by Crippen LogP contribution is 2.33. The second-order valence-electron chi connectivity index (χ2n) is 5.16. The Morgan fingerprint density at radius 1 is 1.37 bits per heavy atom. The number of aliphatic hydroxyl groups excluding tert-OH is 1. The fourth-order valence-electron chi connectivity index (χ4n) is 3.04. The van der Waals surface area contributed by atoms with Gasteiger partial charge in [-0.05, 0) is 30.4 Å².